The SMILES string of the molecule is I[I-]I(I)I(I)I(I)I(I)I(I)I(I)I(I)I(I)I. The van der Waals surface area contributed by atoms with Crippen LogP contribution in [0.3, 0.4) is 0 Å². The van der Waals surface area contributed by atoms with Gasteiger partial charge in [-0.15, -0.1) is 0 Å². The van der Waals surface area contributed by atoms with E-state index >= 15 is 0 Å². The first kappa shape index (κ1) is 32.9. The summed E-state index contributed by atoms with van der Waals surface area (Å²) in [5.41, 5.74) is 0. The van der Waals surface area contributed by atoms with Gasteiger partial charge in [-0.25, -0.2) is 0 Å². The second-order valence-electron chi connectivity index (χ2n) is 1.35. The molecule has 0 bridgehead atoms. The molecule has 0 spiro atoms. The third-order valence-corrected chi connectivity index (χ3v) is 1240. The van der Waals surface area contributed by atoms with E-state index in [1.165, 1.54) is 0 Å². The van der Waals surface area contributed by atoms with E-state index in [-0.39, 0.29) is 55.3 Å². The standard InChI is InChI=1S/I19/c1-11-13(4)15(6)17(8)19(10)18(9)16(7)14(5)12(2)3/q-1. The van der Waals surface area contributed by atoms with E-state index in [1.807, 2.05) is 0 Å². The maximum atomic E-state index is 3.15. The van der Waals surface area contributed by atoms with Crippen LogP contribution < -0.4 is 13.3 Å². The molecule has 0 unspecified atom stereocenters. The molecule has 0 aromatic carbocycles. The van der Waals surface area contributed by atoms with Gasteiger partial charge in [-0.1, -0.05) is 0 Å². The summed E-state index contributed by atoms with van der Waals surface area (Å²) in [7, 11) is -2.98. The molecule has 0 aromatic rings. The Morgan fingerprint density at radius 3 is 1.11 bits per heavy atom. The molecular formula is I19-. The fourth-order valence-corrected chi connectivity index (χ4v) is 2720. The van der Waals surface area contributed by atoms with E-state index < -0.39 is 7.89 Å². The number of hydrogen-bond donors (Lipinski definition) is 0. The monoisotopic (exact) mass is 2410 g/mol. The van der Waals surface area contributed by atoms with Crippen molar-refractivity contribution in [2.75, 3.05) is 0 Å². The van der Waals surface area contributed by atoms with Gasteiger partial charge in [-0.2, -0.15) is 0 Å². The van der Waals surface area contributed by atoms with Crippen LogP contribution in [0.4, 0.5) is 0 Å². The molecule has 0 aliphatic rings. The molecule has 0 rings (SSSR count). The average Bonchev–Trinajstić information content (AvgIpc) is 2.40. The van der Waals surface area contributed by atoms with E-state index in [9.17, 15) is 0 Å². The summed E-state index contributed by atoms with van der Waals surface area (Å²) in [5, 5.41) is 0. The van der Waals surface area contributed by atoms with Crippen LogP contribution in [-0.4, -0.2) is 0 Å². The van der Waals surface area contributed by atoms with Gasteiger partial charge in [0.05, 0.1) is 0 Å². The van der Waals surface area contributed by atoms with Crippen molar-refractivity contribution in [3.63, 3.8) is 0 Å². The van der Waals surface area contributed by atoms with Crippen LogP contribution in [0.2, 0.25) is 0 Å². The summed E-state index contributed by atoms with van der Waals surface area (Å²) in [4.78, 5) is 0. The van der Waals surface area contributed by atoms with Crippen molar-refractivity contribution in [1.82, 2.24) is 0 Å². The molecule has 0 aliphatic carbocycles. The number of rotatable bonds is 8. The predicted octanol–water partition coefficient (Wildman–Crippen LogP) is 12.9. The van der Waals surface area contributed by atoms with Crippen molar-refractivity contribution in [2.24, 2.45) is 0 Å². The van der Waals surface area contributed by atoms with Crippen LogP contribution in [0.25, 0.3) is 0 Å². The molecule has 0 aliphatic heterocycles. The van der Waals surface area contributed by atoms with E-state index in [0.29, 0.717) is 13.3 Å². The topological polar surface area (TPSA) is 0 Å². The van der Waals surface area contributed by atoms with Gasteiger partial charge in [0.1, 0.15) is 0 Å². The van der Waals surface area contributed by atoms with Crippen molar-refractivity contribution in [3.05, 3.63) is 0 Å². The zero-order valence-electron chi connectivity index (χ0n) is 7.18. The van der Waals surface area contributed by atoms with Crippen molar-refractivity contribution in [3.8, 4) is 0 Å². The van der Waals surface area contributed by atoms with E-state index in [0.717, 1.165) is 0 Å². The molecule has 0 heterocycles. The molecule has 0 radical (unpaired) electrons. The second kappa shape index (κ2) is 20.1. The van der Waals surface area contributed by atoms with Crippen LogP contribution in [0, 0.1) is 0 Å². The van der Waals surface area contributed by atoms with Crippen LogP contribution in [0.1, 0.15) is 0 Å². The Kier molecular flexibility index (Phi) is 34.8. The normalized spacial score (nSPS) is 17.6. The Hall–Kier alpha value is 13.9. The van der Waals surface area contributed by atoms with Crippen LogP contribution >= 0.6 is 249 Å². The molecule has 134 valence electrons. The minimum absolute atomic E-state index is 0.319. The quantitative estimate of drug-likeness (QED) is 0.213. The molecule has 0 aromatic heterocycles. The first-order valence-electron chi connectivity index (χ1n) is 2.57. The summed E-state index contributed by atoms with van der Waals surface area (Å²) >= 11 is 30.9. The molecule has 0 amide bonds. The molecule has 0 N–H and O–H groups in total. The van der Waals surface area contributed by atoms with Crippen molar-refractivity contribution in [2.45, 2.75) is 0 Å². The summed E-state index contributed by atoms with van der Waals surface area (Å²) in [6, 6.07) is 0. The molecular weight excluding hydrogens is 2410 g/mol. The molecule has 0 atom stereocenters. The third kappa shape index (κ3) is 14.8. The van der Waals surface area contributed by atoms with Gasteiger partial charge in [0.25, 0.3) is 0 Å². The summed E-state index contributed by atoms with van der Waals surface area (Å²) in [5.74, 6) is 0. The third-order valence-electron chi connectivity index (χ3n) is 0.612. The molecule has 0 saturated heterocycles. The predicted molar refractivity (Wildman–Crippen MR) is 252 cm³/mol. The fourth-order valence-electron chi connectivity index (χ4n) is 0.201. The summed E-state index contributed by atoms with van der Waals surface area (Å²) < 4.78 is 0. The van der Waals surface area contributed by atoms with Crippen LogP contribution in [-0.2, 0) is 0 Å². The first-order chi connectivity index (χ1) is 8.64. The first-order valence-corrected chi connectivity index (χ1v) is 116. The molecule has 0 nitrogen and oxygen atoms in total. The molecule has 19 heavy (non-hydrogen) atoms. The number of halogens is 19. The zero-order valence-corrected chi connectivity index (χ0v) is 48.2. The maximum absolute atomic E-state index is 3.15. The summed E-state index contributed by atoms with van der Waals surface area (Å²) in [6.07, 6.45) is 0. The van der Waals surface area contributed by atoms with Gasteiger partial charge >= 0.3 is 263 Å². The van der Waals surface area contributed by atoms with Gasteiger partial charge < -0.3 is 0 Å². The van der Waals surface area contributed by atoms with E-state index in [4.69, 9.17) is 0 Å². The van der Waals surface area contributed by atoms with Gasteiger partial charge in [0.2, 0.25) is 0 Å². The van der Waals surface area contributed by atoms with Crippen LogP contribution in [0.5, 0.6) is 0 Å². The molecule has 19 heteroatoms. The Balaban J connectivity index is 4.67. The Labute approximate surface area is 248 Å². The van der Waals surface area contributed by atoms with Gasteiger partial charge in [-0.05, 0) is 0 Å². The Bertz CT molecular complexity index is 230. The van der Waals surface area contributed by atoms with Crippen molar-refractivity contribution in [1.29, 1.82) is 0 Å². The van der Waals surface area contributed by atoms with Gasteiger partial charge in [-0.3, -0.25) is 0 Å². The second-order valence-corrected chi connectivity index (χ2v) is 407. The van der Waals surface area contributed by atoms with E-state index in [1.54, 1.807) is 0 Å². The average molecular weight is 2410 g/mol. The van der Waals surface area contributed by atoms with Crippen molar-refractivity contribution >= 4 is 249 Å². The van der Waals surface area contributed by atoms with E-state index in [2.05, 4.69) is 186 Å². The fraction of sp³-hybridized carbons (Fsp3) is 0. The molecule has 0 fully saturated rings. The summed E-state index contributed by atoms with van der Waals surface area (Å²) in [6.45, 7) is 0. The van der Waals surface area contributed by atoms with Gasteiger partial charge in [0, 0.05) is 0 Å². The van der Waals surface area contributed by atoms with Gasteiger partial charge in [0.15, 0.2) is 0 Å². The van der Waals surface area contributed by atoms with Crippen LogP contribution in [0.15, 0.2) is 0 Å². The Morgan fingerprint density at radius 2 is 0.789 bits per heavy atom. The number of hydrogen-bond acceptors (Lipinski definition) is 0. The van der Waals surface area contributed by atoms with Crippen molar-refractivity contribution < 1.29 is 13.3 Å². The minimum atomic E-state index is -0.428. The molecule has 0 saturated carbocycles. The zero-order chi connectivity index (χ0) is 15.3. The Morgan fingerprint density at radius 1 is 0.474 bits per heavy atom.